The Morgan fingerprint density at radius 3 is 2.76 bits per heavy atom. The summed E-state index contributed by atoms with van der Waals surface area (Å²) in [5.41, 5.74) is 1.02. The van der Waals surface area contributed by atoms with E-state index in [-0.39, 0.29) is 17.1 Å². The molecule has 0 aliphatic heterocycles. The first-order valence-corrected chi connectivity index (χ1v) is 7.12. The van der Waals surface area contributed by atoms with Crippen molar-refractivity contribution in [1.29, 1.82) is 0 Å². The van der Waals surface area contributed by atoms with Gasteiger partial charge in [-0.25, -0.2) is 0 Å². The Bertz CT molecular complexity index is 813. The van der Waals surface area contributed by atoms with Crippen LogP contribution in [0.5, 0.6) is 5.75 Å². The van der Waals surface area contributed by atoms with E-state index in [9.17, 15) is 9.90 Å². The quantitative estimate of drug-likeness (QED) is 0.549. The third-order valence-corrected chi connectivity index (χ3v) is 3.56. The smallest absolute Gasteiger partial charge is 0.189 e. The van der Waals surface area contributed by atoms with Gasteiger partial charge in [0.15, 0.2) is 5.78 Å². The van der Waals surface area contributed by atoms with Crippen LogP contribution < -0.4 is 0 Å². The largest absolute Gasteiger partial charge is 0.507 e. The molecule has 0 aliphatic rings. The minimum absolute atomic E-state index is 0.0440. The van der Waals surface area contributed by atoms with Gasteiger partial charge in [-0.15, -0.1) is 0 Å². The molecular formula is C17H11BrO3. The van der Waals surface area contributed by atoms with E-state index in [1.807, 2.05) is 30.3 Å². The summed E-state index contributed by atoms with van der Waals surface area (Å²) in [5.74, 6) is 0.269. The lowest BCUT2D eigenvalue weighted by Crippen LogP contribution is -1.94. The van der Waals surface area contributed by atoms with Crippen LogP contribution in [0.3, 0.4) is 0 Å². The maximum absolute atomic E-state index is 12.1. The molecule has 1 heterocycles. The number of furan rings is 1. The molecule has 1 aromatic heterocycles. The molecule has 0 unspecified atom stereocenters. The van der Waals surface area contributed by atoms with E-state index >= 15 is 0 Å². The number of ketones is 1. The number of carbonyl (C=O) groups excluding carboxylic acids is 1. The molecule has 3 nitrogen and oxygen atoms in total. The molecule has 0 fully saturated rings. The molecule has 0 aliphatic carbocycles. The van der Waals surface area contributed by atoms with E-state index in [1.54, 1.807) is 18.2 Å². The highest BCUT2D eigenvalue weighted by molar-refractivity contribution is 9.10. The molecule has 1 N–H and O–H groups in total. The fraction of sp³-hybridized carbons (Fsp3) is 0. The molecule has 2 aromatic carbocycles. The summed E-state index contributed by atoms with van der Waals surface area (Å²) in [5, 5.41) is 10.7. The van der Waals surface area contributed by atoms with Gasteiger partial charge < -0.3 is 9.52 Å². The van der Waals surface area contributed by atoms with E-state index in [2.05, 4.69) is 15.9 Å². The van der Waals surface area contributed by atoms with Gasteiger partial charge in [-0.3, -0.25) is 4.79 Å². The summed E-state index contributed by atoms with van der Waals surface area (Å²) < 4.78 is 6.33. The normalized spacial score (nSPS) is 11.3. The first-order valence-electron chi connectivity index (χ1n) is 6.33. The number of phenolic OH excluding ortho intramolecular Hbond substituents is 1. The van der Waals surface area contributed by atoms with Crippen molar-refractivity contribution < 1.29 is 14.3 Å². The number of allylic oxidation sites excluding steroid dienone is 1. The standard InChI is InChI=1S/C17H11BrO3/c18-12-5-7-15(19)14(10-12)16(20)8-6-13-9-11-3-1-2-4-17(11)21-13/h1-10,19H/b8-6+. The Kier molecular flexibility index (Phi) is 3.62. The van der Waals surface area contributed by atoms with E-state index in [1.165, 1.54) is 12.1 Å². The molecule has 4 heteroatoms. The van der Waals surface area contributed by atoms with Gasteiger partial charge in [-0.2, -0.15) is 0 Å². The zero-order valence-corrected chi connectivity index (χ0v) is 12.5. The highest BCUT2D eigenvalue weighted by Crippen LogP contribution is 2.24. The molecule has 0 amide bonds. The van der Waals surface area contributed by atoms with Crippen molar-refractivity contribution in [1.82, 2.24) is 0 Å². The van der Waals surface area contributed by atoms with Gasteiger partial charge in [-0.05, 0) is 42.5 Å². The molecule has 3 rings (SSSR count). The second-order valence-electron chi connectivity index (χ2n) is 4.55. The monoisotopic (exact) mass is 342 g/mol. The number of para-hydroxylation sites is 1. The summed E-state index contributed by atoms with van der Waals surface area (Å²) >= 11 is 3.28. The maximum atomic E-state index is 12.1. The number of hydrogen-bond acceptors (Lipinski definition) is 3. The highest BCUT2D eigenvalue weighted by Gasteiger charge is 2.09. The van der Waals surface area contributed by atoms with Crippen molar-refractivity contribution in [3.8, 4) is 5.75 Å². The predicted molar refractivity (Wildman–Crippen MR) is 85.4 cm³/mol. The molecule has 0 atom stereocenters. The Labute approximate surface area is 129 Å². The number of carbonyl (C=O) groups is 1. The van der Waals surface area contributed by atoms with Crippen LogP contribution in [0, 0.1) is 0 Å². The fourth-order valence-electron chi connectivity index (χ4n) is 2.04. The number of benzene rings is 2. The Morgan fingerprint density at radius 1 is 1.14 bits per heavy atom. The third kappa shape index (κ3) is 2.90. The van der Waals surface area contributed by atoms with Gasteiger partial charge in [0.25, 0.3) is 0 Å². The van der Waals surface area contributed by atoms with Crippen LogP contribution in [-0.4, -0.2) is 10.9 Å². The summed E-state index contributed by atoms with van der Waals surface area (Å²) in [6.07, 6.45) is 2.99. The first-order chi connectivity index (χ1) is 10.1. The second-order valence-corrected chi connectivity index (χ2v) is 5.46. The number of hydrogen-bond donors (Lipinski definition) is 1. The Morgan fingerprint density at radius 2 is 1.95 bits per heavy atom. The molecule has 0 bridgehead atoms. The molecule has 0 saturated carbocycles. The average Bonchev–Trinajstić information content (AvgIpc) is 2.90. The molecule has 0 saturated heterocycles. The van der Waals surface area contributed by atoms with Crippen molar-refractivity contribution in [3.63, 3.8) is 0 Å². The lowest BCUT2D eigenvalue weighted by atomic mass is 10.1. The minimum atomic E-state index is -0.283. The van der Waals surface area contributed by atoms with Gasteiger partial charge >= 0.3 is 0 Å². The fourth-order valence-corrected chi connectivity index (χ4v) is 2.40. The summed E-state index contributed by atoms with van der Waals surface area (Å²) in [4.78, 5) is 12.1. The number of fused-ring (bicyclic) bond motifs is 1. The van der Waals surface area contributed by atoms with Gasteiger partial charge in [0.2, 0.25) is 0 Å². The average molecular weight is 343 g/mol. The number of phenols is 1. The molecule has 0 spiro atoms. The van der Waals surface area contributed by atoms with Gasteiger partial charge in [-0.1, -0.05) is 34.1 Å². The van der Waals surface area contributed by atoms with Crippen LogP contribution in [-0.2, 0) is 0 Å². The summed E-state index contributed by atoms with van der Waals surface area (Å²) in [7, 11) is 0. The van der Waals surface area contributed by atoms with Crippen LogP contribution in [0.4, 0.5) is 0 Å². The number of halogens is 1. The van der Waals surface area contributed by atoms with Crippen molar-refractivity contribution in [2.75, 3.05) is 0 Å². The van der Waals surface area contributed by atoms with Gasteiger partial charge in [0.1, 0.15) is 17.1 Å². The maximum Gasteiger partial charge on any atom is 0.189 e. The summed E-state index contributed by atoms with van der Waals surface area (Å²) in [6, 6.07) is 14.2. The van der Waals surface area contributed by atoms with Crippen molar-refractivity contribution >= 4 is 38.8 Å². The Hall–Kier alpha value is -2.33. The molecular weight excluding hydrogens is 332 g/mol. The topological polar surface area (TPSA) is 50.4 Å². The second kappa shape index (κ2) is 5.58. The van der Waals surface area contributed by atoms with Gasteiger partial charge in [0.05, 0.1) is 5.56 Å². The third-order valence-electron chi connectivity index (χ3n) is 3.07. The predicted octanol–water partition coefficient (Wildman–Crippen LogP) is 4.80. The number of aromatic hydroxyl groups is 1. The van der Waals surface area contributed by atoms with Crippen LogP contribution in [0.25, 0.3) is 17.0 Å². The van der Waals surface area contributed by atoms with Crippen molar-refractivity contribution in [2.45, 2.75) is 0 Å². The van der Waals surface area contributed by atoms with E-state index in [0.717, 1.165) is 15.4 Å². The van der Waals surface area contributed by atoms with Crippen LogP contribution >= 0.6 is 15.9 Å². The summed E-state index contributed by atoms with van der Waals surface area (Å²) in [6.45, 7) is 0. The van der Waals surface area contributed by atoms with E-state index in [4.69, 9.17) is 4.42 Å². The minimum Gasteiger partial charge on any atom is -0.507 e. The molecule has 0 radical (unpaired) electrons. The lowest BCUT2D eigenvalue weighted by molar-refractivity contribution is 0.104. The van der Waals surface area contributed by atoms with Gasteiger partial charge in [0, 0.05) is 9.86 Å². The van der Waals surface area contributed by atoms with E-state index in [0.29, 0.717) is 5.76 Å². The Balaban J connectivity index is 1.88. The van der Waals surface area contributed by atoms with Crippen molar-refractivity contribution in [3.05, 3.63) is 70.4 Å². The van der Waals surface area contributed by atoms with Crippen LogP contribution in [0.2, 0.25) is 0 Å². The number of rotatable bonds is 3. The molecule has 21 heavy (non-hydrogen) atoms. The lowest BCUT2D eigenvalue weighted by Gasteiger charge is -2.00. The first kappa shape index (κ1) is 13.6. The van der Waals surface area contributed by atoms with Crippen LogP contribution in [0.1, 0.15) is 16.1 Å². The van der Waals surface area contributed by atoms with Crippen LogP contribution in [0.15, 0.2) is 63.5 Å². The zero-order chi connectivity index (χ0) is 14.8. The van der Waals surface area contributed by atoms with E-state index < -0.39 is 0 Å². The zero-order valence-electron chi connectivity index (χ0n) is 10.9. The molecule has 3 aromatic rings. The van der Waals surface area contributed by atoms with Crippen molar-refractivity contribution in [2.24, 2.45) is 0 Å². The molecule has 104 valence electrons. The highest BCUT2D eigenvalue weighted by atomic mass is 79.9. The SMILES string of the molecule is O=C(/C=C/c1cc2ccccc2o1)c1cc(Br)ccc1O.